The molecule has 0 aromatic heterocycles. The lowest BCUT2D eigenvalue weighted by Crippen LogP contribution is -2.15. The minimum atomic E-state index is -1.03. The Morgan fingerprint density at radius 3 is 2.19 bits per heavy atom. The molecule has 0 unspecified atom stereocenters. The normalized spacial score (nSPS) is 18.7. The fourth-order valence-electron chi connectivity index (χ4n) is 5.11. The number of unbranched alkanes of at least 4 members (excludes halogenated alkanes) is 2. The van der Waals surface area contributed by atoms with Crippen LogP contribution in [0.25, 0.3) is 11.1 Å². The number of aryl methyl sites for hydroxylation is 1. The van der Waals surface area contributed by atoms with E-state index in [2.05, 4.69) is 6.92 Å². The maximum absolute atomic E-state index is 15.0. The van der Waals surface area contributed by atoms with Gasteiger partial charge in [-0.15, -0.1) is 0 Å². The molecule has 1 aliphatic rings. The summed E-state index contributed by atoms with van der Waals surface area (Å²) in [6.45, 7) is 6.06. The molecule has 4 heteroatoms. The monoisotopic (exact) mass is 446 g/mol. The van der Waals surface area contributed by atoms with E-state index in [9.17, 15) is 13.2 Å². The number of halogens is 3. The summed E-state index contributed by atoms with van der Waals surface area (Å²) < 4.78 is 48.9. The van der Waals surface area contributed by atoms with Crippen LogP contribution >= 0.6 is 0 Å². The van der Waals surface area contributed by atoms with Gasteiger partial charge in [0.25, 0.3) is 0 Å². The van der Waals surface area contributed by atoms with Crippen molar-refractivity contribution in [2.24, 2.45) is 11.8 Å². The topological polar surface area (TPSA) is 9.23 Å². The second-order valence-electron chi connectivity index (χ2n) is 9.35. The molecule has 1 nitrogen and oxygen atoms in total. The summed E-state index contributed by atoms with van der Waals surface area (Å²) >= 11 is 0. The number of hydrogen-bond acceptors (Lipinski definition) is 1. The third-order valence-corrected chi connectivity index (χ3v) is 7.06. The van der Waals surface area contributed by atoms with E-state index >= 15 is 0 Å². The van der Waals surface area contributed by atoms with Gasteiger partial charge in [0.1, 0.15) is 5.82 Å². The first-order valence-electron chi connectivity index (χ1n) is 12.3. The largest absolute Gasteiger partial charge is 0.491 e. The van der Waals surface area contributed by atoms with Gasteiger partial charge in [-0.1, -0.05) is 64.4 Å². The molecule has 0 bridgehead atoms. The Kier molecular flexibility index (Phi) is 9.07. The first kappa shape index (κ1) is 24.7. The van der Waals surface area contributed by atoms with Crippen molar-refractivity contribution in [3.05, 3.63) is 52.8 Å². The highest BCUT2D eigenvalue weighted by atomic mass is 19.2. The number of benzene rings is 2. The minimum Gasteiger partial charge on any atom is -0.491 e. The fourth-order valence-corrected chi connectivity index (χ4v) is 5.11. The van der Waals surface area contributed by atoms with Crippen LogP contribution in [0.4, 0.5) is 13.2 Å². The number of rotatable bonds is 10. The fraction of sp³-hybridized carbons (Fsp3) is 0.571. The maximum Gasteiger partial charge on any atom is 0.201 e. The predicted octanol–water partition coefficient (Wildman–Crippen LogP) is 8.80. The van der Waals surface area contributed by atoms with Crippen molar-refractivity contribution >= 4 is 0 Å². The van der Waals surface area contributed by atoms with Gasteiger partial charge in [0.2, 0.25) is 5.82 Å². The van der Waals surface area contributed by atoms with E-state index < -0.39 is 11.6 Å². The molecule has 32 heavy (non-hydrogen) atoms. The lowest BCUT2D eigenvalue weighted by molar-refractivity contribution is 0.248. The Morgan fingerprint density at radius 1 is 0.875 bits per heavy atom. The Hall–Kier alpha value is -1.97. The average Bonchev–Trinajstić information content (AvgIpc) is 2.77. The van der Waals surface area contributed by atoms with Crippen LogP contribution in [0.3, 0.4) is 0 Å². The van der Waals surface area contributed by atoms with E-state index in [1.807, 2.05) is 6.92 Å². The third kappa shape index (κ3) is 6.08. The minimum absolute atomic E-state index is 0.0564. The Labute approximate surface area is 191 Å². The zero-order chi connectivity index (χ0) is 23.1. The zero-order valence-corrected chi connectivity index (χ0v) is 19.8. The van der Waals surface area contributed by atoms with Crippen molar-refractivity contribution in [3.8, 4) is 16.9 Å². The second kappa shape index (κ2) is 11.8. The molecular weight excluding hydrogens is 409 g/mol. The van der Waals surface area contributed by atoms with Gasteiger partial charge in [0, 0.05) is 5.56 Å². The summed E-state index contributed by atoms with van der Waals surface area (Å²) in [5, 5.41) is 0. The van der Waals surface area contributed by atoms with Crippen molar-refractivity contribution in [2.75, 3.05) is 6.61 Å². The van der Waals surface area contributed by atoms with E-state index in [0.29, 0.717) is 23.5 Å². The maximum atomic E-state index is 15.0. The van der Waals surface area contributed by atoms with Gasteiger partial charge in [0.15, 0.2) is 11.6 Å². The molecule has 0 aliphatic heterocycles. The van der Waals surface area contributed by atoms with E-state index in [1.165, 1.54) is 69.6 Å². The van der Waals surface area contributed by atoms with E-state index in [0.717, 1.165) is 17.9 Å². The second-order valence-corrected chi connectivity index (χ2v) is 9.35. The molecule has 0 radical (unpaired) electrons. The van der Waals surface area contributed by atoms with Crippen molar-refractivity contribution in [1.29, 1.82) is 0 Å². The standard InChI is InChI=1S/C28H37F3O/c1-4-6-7-8-20-9-11-21(12-10-20)13-14-23-19(3)17-22(18-25(23)29)24-15-16-26(32-5-2)28(31)27(24)30/h15-18,20-21H,4-14H2,1-3H3. The van der Waals surface area contributed by atoms with Crippen molar-refractivity contribution in [2.45, 2.75) is 85.0 Å². The molecule has 1 aliphatic carbocycles. The van der Waals surface area contributed by atoms with Crippen molar-refractivity contribution < 1.29 is 17.9 Å². The quantitative estimate of drug-likeness (QED) is 0.331. The van der Waals surface area contributed by atoms with Crippen LogP contribution in [-0.4, -0.2) is 6.61 Å². The molecule has 2 aromatic rings. The van der Waals surface area contributed by atoms with Gasteiger partial charge >= 0.3 is 0 Å². The van der Waals surface area contributed by atoms with Crippen LogP contribution in [-0.2, 0) is 6.42 Å². The van der Waals surface area contributed by atoms with Gasteiger partial charge in [-0.05, 0) is 73.4 Å². The molecule has 0 heterocycles. The molecule has 176 valence electrons. The van der Waals surface area contributed by atoms with E-state index in [1.54, 1.807) is 13.0 Å². The molecule has 1 saturated carbocycles. The van der Waals surface area contributed by atoms with Crippen LogP contribution < -0.4 is 4.74 Å². The van der Waals surface area contributed by atoms with Crippen molar-refractivity contribution in [3.63, 3.8) is 0 Å². The van der Waals surface area contributed by atoms with Crippen LogP contribution in [0.5, 0.6) is 5.75 Å². The summed E-state index contributed by atoms with van der Waals surface area (Å²) in [4.78, 5) is 0. The molecule has 2 aromatic carbocycles. The first-order valence-corrected chi connectivity index (χ1v) is 12.3. The molecule has 3 rings (SSSR count). The Balaban J connectivity index is 1.63. The SMILES string of the molecule is CCCCCC1CCC(CCc2c(C)cc(-c3ccc(OCC)c(F)c3F)cc2F)CC1. The lowest BCUT2D eigenvalue weighted by Gasteiger charge is -2.28. The van der Waals surface area contributed by atoms with Gasteiger partial charge in [0.05, 0.1) is 6.61 Å². The smallest absolute Gasteiger partial charge is 0.201 e. The highest BCUT2D eigenvalue weighted by Crippen LogP contribution is 2.36. The van der Waals surface area contributed by atoms with Gasteiger partial charge < -0.3 is 4.74 Å². The predicted molar refractivity (Wildman–Crippen MR) is 126 cm³/mol. The zero-order valence-electron chi connectivity index (χ0n) is 19.8. The molecule has 0 amide bonds. The van der Waals surface area contributed by atoms with Crippen LogP contribution in [0.2, 0.25) is 0 Å². The summed E-state index contributed by atoms with van der Waals surface area (Å²) in [5.41, 5.74) is 1.91. The lowest BCUT2D eigenvalue weighted by atomic mass is 9.77. The van der Waals surface area contributed by atoms with Crippen LogP contribution in [0.15, 0.2) is 24.3 Å². The molecule has 0 saturated heterocycles. The van der Waals surface area contributed by atoms with Crippen LogP contribution in [0, 0.1) is 36.2 Å². The van der Waals surface area contributed by atoms with E-state index in [-0.39, 0.29) is 23.7 Å². The highest BCUT2D eigenvalue weighted by Gasteiger charge is 2.22. The van der Waals surface area contributed by atoms with Crippen molar-refractivity contribution in [1.82, 2.24) is 0 Å². The van der Waals surface area contributed by atoms with Crippen LogP contribution in [0.1, 0.15) is 82.8 Å². The Bertz CT molecular complexity index is 861. The molecular formula is C28H37F3O. The number of ether oxygens (including phenoxy) is 1. The van der Waals surface area contributed by atoms with Gasteiger partial charge in [-0.25, -0.2) is 8.78 Å². The summed E-state index contributed by atoms with van der Waals surface area (Å²) in [5.74, 6) is -0.951. The average molecular weight is 447 g/mol. The molecule has 0 spiro atoms. The van der Waals surface area contributed by atoms with Gasteiger partial charge in [-0.2, -0.15) is 4.39 Å². The highest BCUT2D eigenvalue weighted by molar-refractivity contribution is 5.67. The third-order valence-electron chi connectivity index (χ3n) is 7.06. The summed E-state index contributed by atoms with van der Waals surface area (Å²) in [6.07, 6.45) is 12.1. The molecule has 0 N–H and O–H groups in total. The summed E-state index contributed by atoms with van der Waals surface area (Å²) in [7, 11) is 0. The molecule has 0 atom stereocenters. The van der Waals surface area contributed by atoms with Gasteiger partial charge in [-0.3, -0.25) is 0 Å². The summed E-state index contributed by atoms with van der Waals surface area (Å²) in [6, 6.07) is 5.96. The Morgan fingerprint density at radius 2 is 1.56 bits per heavy atom. The molecule has 1 fully saturated rings. The number of hydrogen-bond donors (Lipinski definition) is 0. The van der Waals surface area contributed by atoms with E-state index in [4.69, 9.17) is 4.74 Å². The first-order chi connectivity index (χ1) is 15.4.